The summed E-state index contributed by atoms with van der Waals surface area (Å²) >= 11 is 3.10. The van der Waals surface area contributed by atoms with Crippen LogP contribution in [-0.4, -0.2) is 16.4 Å². The number of hydrogen-bond donors (Lipinski definition) is 1. The Labute approximate surface area is 121 Å². The van der Waals surface area contributed by atoms with Gasteiger partial charge in [0.05, 0.1) is 5.69 Å². The third-order valence-electron chi connectivity index (χ3n) is 3.11. The Kier molecular flexibility index (Phi) is 4.06. The molecule has 1 N–H and O–H groups in total. The molecule has 0 radical (unpaired) electrons. The molecule has 0 unspecified atom stereocenters. The fraction of sp³-hybridized carbons (Fsp3) is 0.429. The van der Waals surface area contributed by atoms with Crippen molar-refractivity contribution in [1.29, 1.82) is 0 Å². The zero-order valence-corrected chi connectivity index (χ0v) is 13.2. The van der Waals surface area contributed by atoms with Crippen LogP contribution in [0.3, 0.4) is 0 Å². The quantitative estimate of drug-likeness (QED) is 0.922. The van der Waals surface area contributed by atoms with E-state index >= 15 is 0 Å². The molecule has 5 heteroatoms. The van der Waals surface area contributed by atoms with Gasteiger partial charge in [0.1, 0.15) is 9.88 Å². The topological polar surface area (TPSA) is 42.0 Å². The number of carbonyl (C=O) groups is 1. The number of nitrogens with zero attached hydrogens (tertiary/aromatic N) is 1. The number of hydrogen-bond acceptors (Lipinski definition) is 4. The van der Waals surface area contributed by atoms with Crippen molar-refractivity contribution in [3.8, 4) is 10.6 Å². The van der Waals surface area contributed by atoms with Crippen molar-refractivity contribution in [1.82, 2.24) is 10.3 Å². The van der Waals surface area contributed by atoms with Crippen LogP contribution in [0.2, 0.25) is 0 Å². The van der Waals surface area contributed by atoms with Gasteiger partial charge in [0.15, 0.2) is 0 Å². The molecule has 2 aromatic heterocycles. The molecule has 0 aromatic carbocycles. The summed E-state index contributed by atoms with van der Waals surface area (Å²) in [4.78, 5) is 17.5. The first-order chi connectivity index (χ1) is 8.93. The van der Waals surface area contributed by atoms with Gasteiger partial charge in [-0.1, -0.05) is 6.92 Å². The van der Waals surface area contributed by atoms with Gasteiger partial charge in [-0.05, 0) is 38.6 Å². The van der Waals surface area contributed by atoms with E-state index in [0.717, 1.165) is 22.7 Å². The lowest BCUT2D eigenvalue weighted by atomic mass is 10.0. The number of rotatable bonds is 4. The summed E-state index contributed by atoms with van der Waals surface area (Å²) < 4.78 is 0. The van der Waals surface area contributed by atoms with Crippen LogP contribution in [0.5, 0.6) is 0 Å². The second-order valence-electron chi connectivity index (χ2n) is 5.14. The van der Waals surface area contributed by atoms with E-state index in [1.807, 2.05) is 32.2 Å². The maximum atomic E-state index is 12.3. The smallest absolute Gasteiger partial charge is 0.263 e. The van der Waals surface area contributed by atoms with Crippen molar-refractivity contribution < 1.29 is 4.79 Å². The number of aryl methyl sites for hydroxylation is 1. The normalized spacial score (nSPS) is 11.6. The van der Waals surface area contributed by atoms with Crippen LogP contribution in [0.1, 0.15) is 42.6 Å². The Morgan fingerprint density at radius 1 is 1.47 bits per heavy atom. The first-order valence-electron chi connectivity index (χ1n) is 6.25. The van der Waals surface area contributed by atoms with Crippen LogP contribution >= 0.6 is 22.7 Å². The summed E-state index contributed by atoms with van der Waals surface area (Å²) in [6, 6.07) is 2.03. The van der Waals surface area contributed by atoms with E-state index in [0.29, 0.717) is 4.88 Å². The molecule has 0 bridgehead atoms. The average molecular weight is 294 g/mol. The highest BCUT2D eigenvalue weighted by Gasteiger charge is 2.22. The Morgan fingerprint density at radius 2 is 2.21 bits per heavy atom. The van der Waals surface area contributed by atoms with Crippen molar-refractivity contribution in [2.75, 3.05) is 0 Å². The molecule has 1 amide bonds. The molecule has 0 aliphatic carbocycles. The van der Waals surface area contributed by atoms with Crippen molar-refractivity contribution in [2.45, 2.75) is 39.7 Å². The molecule has 0 fully saturated rings. The van der Waals surface area contributed by atoms with E-state index < -0.39 is 0 Å². The van der Waals surface area contributed by atoms with Gasteiger partial charge < -0.3 is 5.32 Å². The number of carbonyl (C=O) groups excluding carboxylic acids is 1. The molecule has 102 valence electrons. The van der Waals surface area contributed by atoms with Gasteiger partial charge in [0.2, 0.25) is 0 Å². The van der Waals surface area contributed by atoms with Gasteiger partial charge in [-0.25, -0.2) is 4.98 Å². The van der Waals surface area contributed by atoms with Crippen LogP contribution < -0.4 is 5.32 Å². The van der Waals surface area contributed by atoms with Crippen LogP contribution in [0.25, 0.3) is 10.6 Å². The Balaban J connectivity index is 2.24. The van der Waals surface area contributed by atoms with Gasteiger partial charge in [-0.2, -0.15) is 11.3 Å². The van der Waals surface area contributed by atoms with Crippen molar-refractivity contribution >= 4 is 28.6 Å². The molecule has 2 aromatic rings. The second-order valence-corrected chi connectivity index (χ2v) is 6.92. The molecule has 0 spiro atoms. The zero-order valence-electron chi connectivity index (χ0n) is 11.6. The molecule has 0 atom stereocenters. The van der Waals surface area contributed by atoms with Crippen LogP contribution in [0, 0.1) is 6.92 Å². The third-order valence-corrected chi connectivity index (χ3v) is 5.00. The second kappa shape index (κ2) is 5.43. The largest absolute Gasteiger partial charge is 0.346 e. The van der Waals surface area contributed by atoms with Gasteiger partial charge >= 0.3 is 0 Å². The Morgan fingerprint density at radius 3 is 2.79 bits per heavy atom. The van der Waals surface area contributed by atoms with Gasteiger partial charge in [-0.15, -0.1) is 11.3 Å². The average Bonchev–Trinajstić information content (AvgIpc) is 2.96. The fourth-order valence-electron chi connectivity index (χ4n) is 1.57. The molecule has 0 saturated carbocycles. The summed E-state index contributed by atoms with van der Waals surface area (Å²) in [5.74, 6) is -0.0247. The predicted molar refractivity (Wildman–Crippen MR) is 82.0 cm³/mol. The van der Waals surface area contributed by atoms with E-state index in [2.05, 4.69) is 22.6 Å². The lowest BCUT2D eigenvalue weighted by Gasteiger charge is -2.24. The summed E-state index contributed by atoms with van der Waals surface area (Å²) in [5.41, 5.74) is 1.71. The van der Waals surface area contributed by atoms with Crippen molar-refractivity contribution in [3.05, 3.63) is 27.4 Å². The number of thiazole rings is 1. The SMILES string of the molecule is CCC(C)(C)NC(=O)c1sc(-c2ccsc2)nc1C. The zero-order chi connectivity index (χ0) is 14.0. The number of aromatic nitrogens is 1. The molecule has 2 rings (SSSR count). The van der Waals surface area contributed by atoms with Gasteiger partial charge in [-0.3, -0.25) is 4.79 Å². The molecular weight excluding hydrogens is 276 g/mol. The van der Waals surface area contributed by atoms with E-state index in [9.17, 15) is 4.79 Å². The van der Waals surface area contributed by atoms with Crippen LogP contribution in [0.4, 0.5) is 0 Å². The van der Waals surface area contributed by atoms with E-state index in [-0.39, 0.29) is 11.4 Å². The summed E-state index contributed by atoms with van der Waals surface area (Å²) in [7, 11) is 0. The van der Waals surface area contributed by atoms with Crippen LogP contribution in [0.15, 0.2) is 16.8 Å². The molecule has 0 saturated heterocycles. The van der Waals surface area contributed by atoms with E-state index in [1.165, 1.54) is 11.3 Å². The number of nitrogens with one attached hydrogen (secondary N) is 1. The molecule has 0 aliphatic heterocycles. The molecule has 19 heavy (non-hydrogen) atoms. The fourth-order valence-corrected chi connectivity index (χ4v) is 3.24. The Hall–Kier alpha value is -1.20. The summed E-state index contributed by atoms with van der Waals surface area (Å²) in [6.07, 6.45) is 0.897. The highest BCUT2D eigenvalue weighted by atomic mass is 32.1. The van der Waals surface area contributed by atoms with Crippen molar-refractivity contribution in [2.24, 2.45) is 0 Å². The van der Waals surface area contributed by atoms with Gasteiger partial charge in [0.25, 0.3) is 5.91 Å². The minimum atomic E-state index is -0.184. The minimum Gasteiger partial charge on any atom is -0.346 e. The Bertz CT molecular complexity index is 570. The first kappa shape index (κ1) is 14.2. The number of amides is 1. The third kappa shape index (κ3) is 3.22. The monoisotopic (exact) mass is 294 g/mol. The number of thiophene rings is 1. The maximum Gasteiger partial charge on any atom is 0.263 e. The standard InChI is InChI=1S/C14H18N2OS2/c1-5-14(3,4)16-12(17)11-9(2)15-13(19-11)10-6-7-18-8-10/h6-8H,5H2,1-4H3,(H,16,17). The molecule has 3 nitrogen and oxygen atoms in total. The lowest BCUT2D eigenvalue weighted by molar-refractivity contribution is 0.0914. The van der Waals surface area contributed by atoms with E-state index in [4.69, 9.17) is 0 Å². The maximum absolute atomic E-state index is 12.3. The highest BCUT2D eigenvalue weighted by molar-refractivity contribution is 7.17. The van der Waals surface area contributed by atoms with Crippen molar-refractivity contribution in [3.63, 3.8) is 0 Å². The molecular formula is C14H18N2OS2. The summed E-state index contributed by atoms with van der Waals surface area (Å²) in [5, 5.41) is 8.04. The van der Waals surface area contributed by atoms with Gasteiger partial charge in [0, 0.05) is 16.5 Å². The van der Waals surface area contributed by atoms with Crippen LogP contribution in [-0.2, 0) is 0 Å². The predicted octanol–water partition coefficient (Wildman–Crippen LogP) is 4.10. The minimum absolute atomic E-state index is 0.0247. The highest BCUT2D eigenvalue weighted by Crippen LogP contribution is 2.29. The summed E-state index contributed by atoms with van der Waals surface area (Å²) in [6.45, 7) is 8.01. The lowest BCUT2D eigenvalue weighted by Crippen LogP contribution is -2.42. The molecule has 2 heterocycles. The molecule has 0 aliphatic rings. The first-order valence-corrected chi connectivity index (χ1v) is 8.01. The van der Waals surface area contributed by atoms with E-state index in [1.54, 1.807) is 11.3 Å².